The molecule has 0 aromatic heterocycles. The first-order valence-corrected chi connectivity index (χ1v) is 6.72. The van der Waals surface area contributed by atoms with Crippen LogP contribution >= 0.6 is 0 Å². The van der Waals surface area contributed by atoms with Gasteiger partial charge in [0, 0.05) is 6.07 Å². The zero-order chi connectivity index (χ0) is 15.1. The van der Waals surface area contributed by atoms with Crippen LogP contribution in [-0.4, -0.2) is 13.9 Å². The summed E-state index contributed by atoms with van der Waals surface area (Å²) in [5.74, 6) is -2.86. The van der Waals surface area contributed by atoms with E-state index in [2.05, 4.69) is 4.18 Å². The first-order valence-electron chi connectivity index (χ1n) is 5.31. The van der Waals surface area contributed by atoms with Crippen molar-refractivity contribution in [2.45, 2.75) is 18.3 Å². The largest absolute Gasteiger partial charge is 0.534 e. The minimum absolute atomic E-state index is 0.0531. The predicted octanol–water partition coefficient (Wildman–Crippen LogP) is 3.12. The van der Waals surface area contributed by atoms with Crippen LogP contribution in [0.15, 0.2) is 18.2 Å². The summed E-state index contributed by atoms with van der Waals surface area (Å²) in [5.41, 5.74) is -6.04. The number of halogens is 5. The lowest BCUT2D eigenvalue weighted by Gasteiger charge is -2.19. The lowest BCUT2D eigenvalue weighted by Crippen LogP contribution is -2.25. The second-order valence-electron chi connectivity index (χ2n) is 4.01. The monoisotopic (exact) mass is 314 g/mol. The third-order valence-electron chi connectivity index (χ3n) is 2.61. The second kappa shape index (κ2) is 4.72. The summed E-state index contributed by atoms with van der Waals surface area (Å²) in [7, 11) is -5.90. The summed E-state index contributed by atoms with van der Waals surface area (Å²) in [5, 5.41) is 0. The smallest absolute Gasteiger partial charge is 0.376 e. The molecule has 1 aliphatic rings. The highest BCUT2D eigenvalue weighted by Crippen LogP contribution is 2.35. The molecule has 2 rings (SSSR count). The van der Waals surface area contributed by atoms with Crippen molar-refractivity contribution >= 4 is 15.9 Å². The maximum Gasteiger partial charge on any atom is 0.534 e. The third kappa shape index (κ3) is 2.62. The quantitative estimate of drug-likeness (QED) is 0.478. The van der Waals surface area contributed by atoms with Gasteiger partial charge in [0.2, 0.25) is 0 Å². The highest BCUT2D eigenvalue weighted by atomic mass is 32.2. The van der Waals surface area contributed by atoms with Gasteiger partial charge in [-0.25, -0.2) is 8.78 Å². The highest BCUT2D eigenvalue weighted by molar-refractivity contribution is 7.87. The zero-order valence-electron chi connectivity index (χ0n) is 9.67. The molecule has 20 heavy (non-hydrogen) atoms. The molecule has 0 spiro atoms. The van der Waals surface area contributed by atoms with Crippen molar-refractivity contribution in [2.75, 3.05) is 0 Å². The van der Waals surface area contributed by atoms with E-state index in [1.807, 2.05) is 0 Å². The van der Waals surface area contributed by atoms with E-state index in [4.69, 9.17) is 0 Å². The number of rotatable bonds is 2. The number of aryl methyl sites for hydroxylation is 1. The fourth-order valence-corrected chi connectivity index (χ4v) is 2.28. The number of hydrogen-bond donors (Lipinski definition) is 0. The number of benzene rings is 1. The molecule has 1 aromatic rings. The number of fused-ring (bicyclic) bond motifs is 1. The van der Waals surface area contributed by atoms with E-state index in [1.165, 1.54) is 0 Å². The molecule has 0 saturated heterocycles. The molecule has 0 saturated carbocycles. The molecule has 0 aliphatic heterocycles. The minimum atomic E-state index is -5.90. The van der Waals surface area contributed by atoms with Crippen LogP contribution in [0.2, 0.25) is 0 Å². The van der Waals surface area contributed by atoms with E-state index < -0.39 is 38.6 Å². The lowest BCUT2D eigenvalue weighted by molar-refractivity contribution is -0.0509. The van der Waals surface area contributed by atoms with Crippen molar-refractivity contribution < 1.29 is 34.6 Å². The van der Waals surface area contributed by atoms with Crippen LogP contribution < -0.4 is 0 Å². The third-order valence-corrected chi connectivity index (χ3v) is 3.58. The summed E-state index contributed by atoms with van der Waals surface area (Å²) in [6.07, 6.45) is 1.30. The van der Waals surface area contributed by atoms with Crippen LogP contribution in [0, 0.1) is 11.6 Å². The molecule has 110 valence electrons. The molecule has 0 bridgehead atoms. The summed E-state index contributed by atoms with van der Waals surface area (Å²) >= 11 is 0. The van der Waals surface area contributed by atoms with Gasteiger partial charge in [-0.3, -0.25) is 0 Å². The van der Waals surface area contributed by atoms with E-state index in [0.717, 1.165) is 12.1 Å². The highest BCUT2D eigenvalue weighted by Gasteiger charge is 2.49. The molecular formula is C11H7F5O3S. The van der Waals surface area contributed by atoms with Crippen molar-refractivity contribution in [3.8, 4) is 0 Å². The Morgan fingerprint density at radius 1 is 1.15 bits per heavy atom. The molecule has 0 atom stereocenters. The Morgan fingerprint density at radius 3 is 2.40 bits per heavy atom. The Balaban J connectivity index is 2.46. The molecule has 1 aliphatic carbocycles. The molecule has 0 amide bonds. The fraction of sp³-hybridized carbons (Fsp3) is 0.273. The van der Waals surface area contributed by atoms with E-state index in [-0.39, 0.29) is 18.4 Å². The maximum absolute atomic E-state index is 13.6. The zero-order valence-corrected chi connectivity index (χ0v) is 10.5. The number of hydrogen-bond acceptors (Lipinski definition) is 3. The van der Waals surface area contributed by atoms with E-state index in [0.29, 0.717) is 6.07 Å². The SMILES string of the molecule is O=S(=O)(OC1=CCCc2cc(F)cc(F)c21)C(F)(F)F. The molecule has 0 unspecified atom stereocenters. The first kappa shape index (κ1) is 14.8. The van der Waals surface area contributed by atoms with Crippen LogP contribution in [-0.2, 0) is 20.7 Å². The normalized spacial score (nSPS) is 15.6. The van der Waals surface area contributed by atoms with Gasteiger partial charge >= 0.3 is 15.6 Å². The fourth-order valence-electron chi connectivity index (χ4n) is 1.80. The van der Waals surface area contributed by atoms with Gasteiger partial charge in [0.05, 0.1) is 5.56 Å². The average molecular weight is 314 g/mol. The molecule has 9 heteroatoms. The van der Waals surface area contributed by atoms with Gasteiger partial charge in [0.15, 0.2) is 0 Å². The van der Waals surface area contributed by atoms with Crippen LogP contribution in [0.4, 0.5) is 22.0 Å². The maximum atomic E-state index is 13.6. The summed E-state index contributed by atoms with van der Waals surface area (Å²) in [6.45, 7) is 0. The Morgan fingerprint density at radius 2 is 1.80 bits per heavy atom. The molecule has 1 aromatic carbocycles. The van der Waals surface area contributed by atoms with Crippen molar-refractivity contribution in [2.24, 2.45) is 0 Å². The van der Waals surface area contributed by atoms with Crippen LogP contribution in [0.5, 0.6) is 0 Å². The lowest BCUT2D eigenvalue weighted by atomic mass is 9.95. The van der Waals surface area contributed by atoms with Gasteiger partial charge in [-0.05, 0) is 30.5 Å². The van der Waals surface area contributed by atoms with Gasteiger partial charge < -0.3 is 4.18 Å². The van der Waals surface area contributed by atoms with E-state index >= 15 is 0 Å². The minimum Gasteiger partial charge on any atom is -0.376 e. The molecule has 0 heterocycles. The Hall–Kier alpha value is -1.64. The molecule has 0 radical (unpaired) electrons. The van der Waals surface area contributed by atoms with E-state index in [1.54, 1.807) is 0 Å². The van der Waals surface area contributed by atoms with Gasteiger partial charge in [0.1, 0.15) is 17.4 Å². The van der Waals surface area contributed by atoms with Crippen molar-refractivity contribution in [1.82, 2.24) is 0 Å². The topological polar surface area (TPSA) is 43.4 Å². The first-order chi connectivity index (χ1) is 9.12. The van der Waals surface area contributed by atoms with Crippen LogP contribution in [0.1, 0.15) is 17.5 Å². The van der Waals surface area contributed by atoms with Crippen LogP contribution in [0.3, 0.4) is 0 Å². The van der Waals surface area contributed by atoms with Gasteiger partial charge in [-0.2, -0.15) is 21.6 Å². The Kier molecular flexibility index (Phi) is 3.49. The van der Waals surface area contributed by atoms with Crippen molar-refractivity contribution in [3.05, 3.63) is 41.0 Å². The average Bonchev–Trinajstić information content (AvgIpc) is 2.25. The molecule has 0 fully saturated rings. The summed E-state index contributed by atoms with van der Waals surface area (Å²) in [6, 6.07) is 1.37. The summed E-state index contributed by atoms with van der Waals surface area (Å²) in [4.78, 5) is 0. The number of allylic oxidation sites excluding steroid dienone is 1. The van der Waals surface area contributed by atoms with E-state index in [9.17, 15) is 30.4 Å². The van der Waals surface area contributed by atoms with Crippen molar-refractivity contribution in [3.63, 3.8) is 0 Å². The van der Waals surface area contributed by atoms with Gasteiger partial charge in [-0.1, -0.05) is 0 Å². The number of alkyl halides is 3. The van der Waals surface area contributed by atoms with Crippen LogP contribution in [0.25, 0.3) is 5.76 Å². The predicted molar refractivity (Wildman–Crippen MR) is 58.7 cm³/mol. The van der Waals surface area contributed by atoms with Gasteiger partial charge in [-0.15, -0.1) is 0 Å². The van der Waals surface area contributed by atoms with Gasteiger partial charge in [0.25, 0.3) is 0 Å². The Labute approximate surface area is 110 Å². The molecular weight excluding hydrogens is 307 g/mol. The molecule has 0 N–H and O–H groups in total. The second-order valence-corrected chi connectivity index (χ2v) is 5.55. The molecule has 3 nitrogen and oxygen atoms in total. The van der Waals surface area contributed by atoms with Crippen molar-refractivity contribution in [1.29, 1.82) is 0 Å². The standard InChI is InChI=1S/C11H7F5O3S/c12-7-4-6-2-1-3-9(10(6)8(13)5-7)19-20(17,18)11(14,15)16/h3-5H,1-2H2. The Bertz CT molecular complexity index is 676. The summed E-state index contributed by atoms with van der Waals surface area (Å²) < 4.78 is 89.1.